The van der Waals surface area contributed by atoms with Crippen LogP contribution in [0.1, 0.15) is 44.6 Å². The van der Waals surface area contributed by atoms with Crippen LogP contribution in [0.25, 0.3) is 0 Å². The van der Waals surface area contributed by atoms with Gasteiger partial charge >= 0.3 is 12.1 Å². The van der Waals surface area contributed by atoms with Crippen molar-refractivity contribution < 1.29 is 32.6 Å². The molecular formula is C19H23F2NO5. The van der Waals surface area contributed by atoms with Crippen LogP contribution in [0.15, 0.2) is 18.2 Å². The lowest BCUT2D eigenvalue weighted by Gasteiger charge is -2.22. The zero-order valence-corrected chi connectivity index (χ0v) is 15.4. The number of Topliss-reactive ketones (excluding diaryl/α,β-unsaturated/α-hetero) is 1. The largest absolute Gasteiger partial charge is 0.460 e. The highest BCUT2D eigenvalue weighted by Crippen LogP contribution is 2.33. The topological polar surface area (TPSA) is 72.9 Å². The fourth-order valence-corrected chi connectivity index (χ4v) is 3.06. The Balaban J connectivity index is 2.22. The Hall–Kier alpha value is -2.51. The highest BCUT2D eigenvalue weighted by Gasteiger charge is 2.43. The molecule has 1 aliphatic heterocycles. The molecule has 6 nitrogen and oxygen atoms in total. The number of ether oxygens (including phenoxy) is 2. The van der Waals surface area contributed by atoms with Crippen molar-refractivity contribution in [2.75, 3.05) is 19.8 Å². The summed E-state index contributed by atoms with van der Waals surface area (Å²) in [5, 5.41) is 0. The van der Waals surface area contributed by atoms with E-state index in [4.69, 9.17) is 9.47 Å². The van der Waals surface area contributed by atoms with Crippen molar-refractivity contribution in [3.63, 3.8) is 0 Å². The molecule has 0 radical (unpaired) electrons. The minimum atomic E-state index is -1.09. The molecule has 1 aliphatic rings. The van der Waals surface area contributed by atoms with Crippen molar-refractivity contribution in [3.8, 4) is 0 Å². The number of amides is 1. The van der Waals surface area contributed by atoms with E-state index < -0.39 is 41.4 Å². The van der Waals surface area contributed by atoms with Crippen LogP contribution >= 0.6 is 0 Å². The third kappa shape index (κ3) is 5.24. The van der Waals surface area contributed by atoms with E-state index in [1.807, 2.05) is 6.92 Å². The molecule has 148 valence electrons. The molecule has 1 heterocycles. The van der Waals surface area contributed by atoms with Gasteiger partial charge in [-0.3, -0.25) is 9.69 Å². The summed E-state index contributed by atoms with van der Waals surface area (Å²) in [5.74, 6) is -3.91. The number of hydrogen-bond acceptors (Lipinski definition) is 5. The summed E-state index contributed by atoms with van der Waals surface area (Å²) >= 11 is 0. The SMILES string of the molecule is CCCCOC(=O)N1CC(c2cc(F)cc(F)c2)CC1C(=O)C(=O)OCC. The molecule has 1 fully saturated rings. The third-order valence-electron chi connectivity index (χ3n) is 4.39. The van der Waals surface area contributed by atoms with Crippen LogP contribution in [-0.4, -0.2) is 48.5 Å². The summed E-state index contributed by atoms with van der Waals surface area (Å²) in [5.41, 5.74) is 0.318. The number of hydrogen-bond donors (Lipinski definition) is 0. The van der Waals surface area contributed by atoms with Crippen molar-refractivity contribution >= 4 is 17.8 Å². The third-order valence-corrected chi connectivity index (χ3v) is 4.39. The van der Waals surface area contributed by atoms with E-state index in [-0.39, 0.29) is 26.2 Å². The van der Waals surface area contributed by atoms with Gasteiger partial charge in [-0.05, 0) is 37.5 Å². The number of benzene rings is 1. The van der Waals surface area contributed by atoms with Gasteiger partial charge in [-0.15, -0.1) is 0 Å². The minimum absolute atomic E-state index is 0.0175. The molecule has 0 bridgehead atoms. The van der Waals surface area contributed by atoms with E-state index >= 15 is 0 Å². The van der Waals surface area contributed by atoms with Gasteiger partial charge in [0.1, 0.15) is 17.7 Å². The van der Waals surface area contributed by atoms with Crippen molar-refractivity contribution in [1.82, 2.24) is 4.90 Å². The Morgan fingerprint density at radius 2 is 1.78 bits per heavy atom. The first-order valence-corrected chi connectivity index (χ1v) is 8.97. The summed E-state index contributed by atoms with van der Waals surface area (Å²) < 4.78 is 37.0. The lowest BCUT2D eigenvalue weighted by molar-refractivity contribution is -0.155. The highest BCUT2D eigenvalue weighted by molar-refractivity contribution is 6.36. The van der Waals surface area contributed by atoms with E-state index in [0.717, 1.165) is 29.5 Å². The van der Waals surface area contributed by atoms with Crippen LogP contribution in [0, 0.1) is 11.6 Å². The number of carbonyl (C=O) groups is 3. The molecular weight excluding hydrogens is 360 g/mol. The Kier molecular flexibility index (Phi) is 7.27. The van der Waals surface area contributed by atoms with Crippen LogP contribution < -0.4 is 0 Å². The first-order valence-electron chi connectivity index (χ1n) is 8.97. The Bertz CT molecular complexity index is 689. The van der Waals surface area contributed by atoms with Crippen molar-refractivity contribution in [1.29, 1.82) is 0 Å². The second-order valence-electron chi connectivity index (χ2n) is 6.36. The van der Waals surface area contributed by atoms with Crippen LogP contribution in [0.2, 0.25) is 0 Å². The van der Waals surface area contributed by atoms with E-state index in [0.29, 0.717) is 12.0 Å². The molecule has 0 aromatic heterocycles. The number of likely N-dealkylation sites (tertiary alicyclic amines) is 1. The second-order valence-corrected chi connectivity index (χ2v) is 6.36. The van der Waals surface area contributed by atoms with Gasteiger partial charge in [-0.1, -0.05) is 13.3 Å². The molecule has 1 aromatic rings. The van der Waals surface area contributed by atoms with Gasteiger partial charge in [0.25, 0.3) is 5.78 Å². The summed E-state index contributed by atoms with van der Waals surface area (Å²) in [6, 6.07) is 1.97. The molecule has 2 rings (SSSR count). The van der Waals surface area contributed by atoms with Gasteiger partial charge in [0.2, 0.25) is 0 Å². The smallest absolute Gasteiger partial charge is 0.410 e. The Morgan fingerprint density at radius 3 is 2.37 bits per heavy atom. The van der Waals surface area contributed by atoms with E-state index in [9.17, 15) is 23.2 Å². The maximum absolute atomic E-state index is 13.5. The molecule has 0 saturated carbocycles. The Labute approximate surface area is 156 Å². The van der Waals surface area contributed by atoms with Gasteiger partial charge in [0.15, 0.2) is 0 Å². The van der Waals surface area contributed by atoms with Crippen LogP contribution in [0.5, 0.6) is 0 Å². The zero-order chi connectivity index (χ0) is 20.0. The molecule has 27 heavy (non-hydrogen) atoms. The monoisotopic (exact) mass is 383 g/mol. The molecule has 1 amide bonds. The van der Waals surface area contributed by atoms with Crippen molar-refractivity contribution in [2.24, 2.45) is 0 Å². The lowest BCUT2D eigenvalue weighted by atomic mass is 9.95. The van der Waals surface area contributed by atoms with Crippen LogP contribution in [0.3, 0.4) is 0 Å². The standard InChI is InChI=1S/C19H23F2NO5/c1-3-5-6-27-19(25)22-11-13(12-7-14(20)10-15(21)8-12)9-16(22)17(23)18(24)26-4-2/h7-8,10,13,16H,3-6,9,11H2,1-2H3. The van der Waals surface area contributed by atoms with Gasteiger partial charge in [-0.25, -0.2) is 18.4 Å². The van der Waals surface area contributed by atoms with E-state index in [2.05, 4.69) is 0 Å². The van der Waals surface area contributed by atoms with Gasteiger partial charge in [-0.2, -0.15) is 0 Å². The fourth-order valence-electron chi connectivity index (χ4n) is 3.06. The van der Waals surface area contributed by atoms with Gasteiger partial charge in [0.05, 0.1) is 13.2 Å². The fraction of sp³-hybridized carbons (Fsp3) is 0.526. The average molecular weight is 383 g/mol. The Morgan fingerprint density at radius 1 is 1.11 bits per heavy atom. The van der Waals surface area contributed by atoms with E-state index in [1.54, 1.807) is 6.92 Å². The molecule has 0 N–H and O–H groups in total. The molecule has 2 unspecified atom stereocenters. The maximum atomic E-state index is 13.5. The number of esters is 1. The number of carbonyl (C=O) groups excluding carboxylic acids is 3. The van der Waals surface area contributed by atoms with Crippen LogP contribution in [-0.2, 0) is 19.1 Å². The van der Waals surface area contributed by atoms with Gasteiger partial charge in [0, 0.05) is 18.5 Å². The molecule has 8 heteroatoms. The van der Waals surface area contributed by atoms with Crippen LogP contribution in [0.4, 0.5) is 13.6 Å². The van der Waals surface area contributed by atoms with Crippen molar-refractivity contribution in [2.45, 2.75) is 45.1 Å². The lowest BCUT2D eigenvalue weighted by Crippen LogP contribution is -2.44. The maximum Gasteiger partial charge on any atom is 0.410 e. The number of rotatable bonds is 7. The number of ketones is 1. The number of halogens is 2. The molecule has 0 spiro atoms. The first-order chi connectivity index (χ1) is 12.9. The highest BCUT2D eigenvalue weighted by atomic mass is 19.1. The predicted molar refractivity (Wildman–Crippen MR) is 92.1 cm³/mol. The van der Waals surface area contributed by atoms with Crippen molar-refractivity contribution in [3.05, 3.63) is 35.4 Å². The average Bonchev–Trinajstić information content (AvgIpc) is 3.06. The summed E-state index contributed by atoms with van der Waals surface area (Å²) in [6.45, 7) is 3.73. The predicted octanol–water partition coefficient (Wildman–Crippen LogP) is 3.19. The molecule has 0 aliphatic carbocycles. The molecule has 1 saturated heterocycles. The quantitative estimate of drug-likeness (QED) is 0.411. The molecule has 1 aromatic carbocycles. The summed E-state index contributed by atoms with van der Waals surface area (Å²) in [7, 11) is 0. The second kappa shape index (κ2) is 9.43. The summed E-state index contributed by atoms with van der Waals surface area (Å²) in [6.07, 6.45) is 0.812. The first kappa shape index (κ1) is 20.8. The van der Waals surface area contributed by atoms with Gasteiger partial charge < -0.3 is 9.47 Å². The normalized spacial score (nSPS) is 19.0. The summed E-state index contributed by atoms with van der Waals surface area (Å²) in [4.78, 5) is 37.8. The van der Waals surface area contributed by atoms with E-state index in [1.165, 1.54) is 0 Å². The number of nitrogens with zero attached hydrogens (tertiary/aromatic N) is 1. The molecule has 2 atom stereocenters. The number of unbranched alkanes of at least 4 members (excludes halogenated alkanes) is 1. The zero-order valence-electron chi connectivity index (χ0n) is 15.4. The minimum Gasteiger partial charge on any atom is -0.460 e.